The SMILES string of the molecule is CC=C(CCCCCC)OCc1ccc(OC)cc1. The Labute approximate surface area is 117 Å². The molecule has 0 saturated heterocycles. The number of unbranched alkanes of at least 4 members (excludes halogenated alkanes) is 3. The summed E-state index contributed by atoms with van der Waals surface area (Å²) in [6, 6.07) is 8.02. The fraction of sp³-hybridized carbons (Fsp3) is 0.529. The predicted molar refractivity (Wildman–Crippen MR) is 80.3 cm³/mol. The molecule has 0 amide bonds. The highest BCUT2D eigenvalue weighted by Crippen LogP contribution is 2.16. The smallest absolute Gasteiger partial charge is 0.118 e. The van der Waals surface area contributed by atoms with Crippen molar-refractivity contribution in [2.24, 2.45) is 0 Å². The van der Waals surface area contributed by atoms with E-state index in [2.05, 4.69) is 13.0 Å². The molecule has 0 aliphatic carbocycles. The molecule has 0 unspecified atom stereocenters. The molecule has 106 valence electrons. The molecule has 0 heterocycles. The zero-order valence-electron chi connectivity index (χ0n) is 12.4. The van der Waals surface area contributed by atoms with E-state index in [9.17, 15) is 0 Å². The molecule has 0 bridgehead atoms. The summed E-state index contributed by atoms with van der Waals surface area (Å²) in [6.45, 7) is 4.91. The van der Waals surface area contributed by atoms with E-state index in [0.717, 1.165) is 17.9 Å². The van der Waals surface area contributed by atoms with Gasteiger partial charge < -0.3 is 9.47 Å². The van der Waals surface area contributed by atoms with E-state index in [0.29, 0.717) is 6.61 Å². The lowest BCUT2D eigenvalue weighted by Crippen LogP contribution is -1.94. The zero-order chi connectivity index (χ0) is 13.9. The number of benzene rings is 1. The minimum Gasteiger partial charge on any atom is -0.497 e. The van der Waals surface area contributed by atoms with Gasteiger partial charge in [0.25, 0.3) is 0 Å². The summed E-state index contributed by atoms with van der Waals surface area (Å²) in [6.07, 6.45) is 8.23. The molecule has 2 nitrogen and oxygen atoms in total. The molecule has 2 heteroatoms. The van der Waals surface area contributed by atoms with Crippen LogP contribution in [0, 0.1) is 0 Å². The van der Waals surface area contributed by atoms with Gasteiger partial charge >= 0.3 is 0 Å². The van der Waals surface area contributed by atoms with Crippen LogP contribution in [0.5, 0.6) is 5.75 Å². The summed E-state index contributed by atoms with van der Waals surface area (Å²) in [7, 11) is 1.68. The molecule has 0 aromatic heterocycles. The Morgan fingerprint density at radius 3 is 2.42 bits per heavy atom. The van der Waals surface area contributed by atoms with Gasteiger partial charge in [-0.05, 0) is 37.1 Å². The zero-order valence-corrected chi connectivity index (χ0v) is 12.4. The first-order valence-corrected chi connectivity index (χ1v) is 7.21. The minimum atomic E-state index is 0.636. The third-order valence-electron chi connectivity index (χ3n) is 3.18. The topological polar surface area (TPSA) is 18.5 Å². The van der Waals surface area contributed by atoms with Crippen LogP contribution in [-0.4, -0.2) is 7.11 Å². The molecule has 0 atom stereocenters. The maximum atomic E-state index is 5.85. The summed E-state index contributed by atoms with van der Waals surface area (Å²) < 4.78 is 11.0. The van der Waals surface area contributed by atoms with Gasteiger partial charge in [-0.3, -0.25) is 0 Å². The van der Waals surface area contributed by atoms with Crippen molar-refractivity contribution in [1.29, 1.82) is 0 Å². The Balaban J connectivity index is 2.32. The van der Waals surface area contributed by atoms with E-state index in [1.165, 1.54) is 31.2 Å². The Bertz CT molecular complexity index is 365. The molecular weight excluding hydrogens is 236 g/mol. The van der Waals surface area contributed by atoms with Gasteiger partial charge in [0, 0.05) is 6.42 Å². The summed E-state index contributed by atoms with van der Waals surface area (Å²) in [5.74, 6) is 1.99. The van der Waals surface area contributed by atoms with E-state index in [-0.39, 0.29) is 0 Å². The van der Waals surface area contributed by atoms with Crippen molar-refractivity contribution < 1.29 is 9.47 Å². The molecule has 0 fully saturated rings. The largest absolute Gasteiger partial charge is 0.497 e. The molecule has 0 spiro atoms. The van der Waals surface area contributed by atoms with Crippen molar-refractivity contribution in [2.45, 2.75) is 52.6 Å². The monoisotopic (exact) mass is 262 g/mol. The fourth-order valence-corrected chi connectivity index (χ4v) is 1.92. The van der Waals surface area contributed by atoms with E-state index in [4.69, 9.17) is 9.47 Å². The van der Waals surface area contributed by atoms with Crippen molar-refractivity contribution in [2.75, 3.05) is 7.11 Å². The highest BCUT2D eigenvalue weighted by Gasteiger charge is 2.00. The first-order chi connectivity index (χ1) is 9.30. The quantitative estimate of drug-likeness (QED) is 0.456. The third-order valence-corrected chi connectivity index (χ3v) is 3.18. The van der Waals surface area contributed by atoms with Crippen LogP contribution >= 0.6 is 0 Å². The molecular formula is C17H26O2. The third kappa shape index (κ3) is 6.32. The van der Waals surface area contributed by atoms with Gasteiger partial charge in [-0.2, -0.15) is 0 Å². The van der Waals surface area contributed by atoms with Crippen LogP contribution in [-0.2, 0) is 11.3 Å². The predicted octanol–water partition coefficient (Wildman–Crippen LogP) is 5.09. The van der Waals surface area contributed by atoms with Crippen LogP contribution in [0.2, 0.25) is 0 Å². The van der Waals surface area contributed by atoms with Crippen molar-refractivity contribution in [1.82, 2.24) is 0 Å². The highest BCUT2D eigenvalue weighted by atomic mass is 16.5. The van der Waals surface area contributed by atoms with Gasteiger partial charge in [0.05, 0.1) is 12.9 Å². The molecule has 1 rings (SSSR count). The fourth-order valence-electron chi connectivity index (χ4n) is 1.92. The lowest BCUT2D eigenvalue weighted by atomic mass is 10.1. The first-order valence-electron chi connectivity index (χ1n) is 7.21. The van der Waals surface area contributed by atoms with Crippen LogP contribution < -0.4 is 4.74 Å². The van der Waals surface area contributed by atoms with Crippen molar-refractivity contribution in [3.05, 3.63) is 41.7 Å². The Morgan fingerprint density at radius 2 is 1.84 bits per heavy atom. The normalized spacial score (nSPS) is 11.4. The number of methoxy groups -OCH3 is 1. The summed E-state index contributed by atoms with van der Waals surface area (Å²) in [5.41, 5.74) is 1.17. The van der Waals surface area contributed by atoms with Crippen LogP contribution in [0.3, 0.4) is 0 Å². The van der Waals surface area contributed by atoms with Gasteiger partial charge in [0.1, 0.15) is 12.4 Å². The number of hydrogen-bond donors (Lipinski definition) is 0. The second-order valence-electron chi connectivity index (χ2n) is 4.70. The maximum Gasteiger partial charge on any atom is 0.118 e. The standard InChI is InChI=1S/C17H26O2/c1-4-6-7-8-9-16(5-2)19-14-15-10-12-17(18-3)13-11-15/h5,10-13H,4,6-9,14H2,1-3H3. The van der Waals surface area contributed by atoms with Gasteiger partial charge in [0.2, 0.25) is 0 Å². The molecule has 0 N–H and O–H groups in total. The molecule has 0 radical (unpaired) electrons. The maximum absolute atomic E-state index is 5.85. The lowest BCUT2D eigenvalue weighted by Gasteiger charge is -2.10. The van der Waals surface area contributed by atoms with E-state index in [1.807, 2.05) is 31.2 Å². The average molecular weight is 262 g/mol. The Hall–Kier alpha value is -1.44. The molecule has 1 aromatic rings. The van der Waals surface area contributed by atoms with Crippen molar-refractivity contribution >= 4 is 0 Å². The van der Waals surface area contributed by atoms with E-state index < -0.39 is 0 Å². The average Bonchev–Trinajstić information content (AvgIpc) is 2.47. The molecule has 1 aromatic carbocycles. The molecule has 0 aliphatic heterocycles. The van der Waals surface area contributed by atoms with Crippen LogP contribution in [0.15, 0.2) is 36.1 Å². The van der Waals surface area contributed by atoms with Crippen molar-refractivity contribution in [3.8, 4) is 5.75 Å². The molecule has 0 saturated carbocycles. The number of hydrogen-bond acceptors (Lipinski definition) is 2. The minimum absolute atomic E-state index is 0.636. The van der Waals surface area contributed by atoms with E-state index in [1.54, 1.807) is 7.11 Å². The number of rotatable bonds is 9. The molecule has 19 heavy (non-hydrogen) atoms. The first kappa shape index (κ1) is 15.6. The van der Waals surface area contributed by atoms with E-state index >= 15 is 0 Å². The summed E-state index contributed by atoms with van der Waals surface area (Å²) in [4.78, 5) is 0. The van der Waals surface area contributed by atoms with Crippen LogP contribution in [0.4, 0.5) is 0 Å². The highest BCUT2D eigenvalue weighted by molar-refractivity contribution is 5.26. The molecule has 0 aliphatic rings. The van der Waals surface area contributed by atoms with Gasteiger partial charge in [-0.15, -0.1) is 0 Å². The Kier molecular flexibility index (Phi) is 7.80. The summed E-state index contributed by atoms with van der Waals surface area (Å²) >= 11 is 0. The second-order valence-corrected chi connectivity index (χ2v) is 4.70. The second kappa shape index (κ2) is 9.48. The Morgan fingerprint density at radius 1 is 1.11 bits per heavy atom. The van der Waals surface area contributed by atoms with Crippen molar-refractivity contribution in [3.63, 3.8) is 0 Å². The van der Waals surface area contributed by atoms with Crippen LogP contribution in [0.1, 0.15) is 51.5 Å². The number of allylic oxidation sites excluding steroid dienone is 2. The van der Waals surface area contributed by atoms with Gasteiger partial charge in [0.15, 0.2) is 0 Å². The van der Waals surface area contributed by atoms with Gasteiger partial charge in [-0.1, -0.05) is 38.3 Å². The van der Waals surface area contributed by atoms with Crippen LogP contribution in [0.25, 0.3) is 0 Å². The lowest BCUT2D eigenvalue weighted by molar-refractivity contribution is 0.186. The van der Waals surface area contributed by atoms with Gasteiger partial charge in [-0.25, -0.2) is 0 Å². The number of ether oxygens (including phenoxy) is 2. The summed E-state index contributed by atoms with van der Waals surface area (Å²) in [5, 5.41) is 0.